The van der Waals surface area contributed by atoms with Crippen molar-refractivity contribution in [2.75, 3.05) is 19.9 Å². The Morgan fingerprint density at radius 3 is 2.88 bits per heavy atom. The van der Waals surface area contributed by atoms with Crippen LogP contribution >= 0.6 is 11.3 Å². The fourth-order valence-electron chi connectivity index (χ4n) is 4.39. The number of fused-ring (bicyclic) bond motifs is 2. The van der Waals surface area contributed by atoms with Crippen molar-refractivity contribution in [1.82, 2.24) is 9.88 Å². The lowest BCUT2D eigenvalue weighted by Gasteiger charge is -2.35. The largest absolute Gasteiger partial charge is 0.488 e. The molecule has 1 aliphatic carbocycles. The summed E-state index contributed by atoms with van der Waals surface area (Å²) in [5.41, 5.74) is 0. The van der Waals surface area contributed by atoms with E-state index in [1.807, 2.05) is 29.8 Å². The summed E-state index contributed by atoms with van der Waals surface area (Å²) in [5.74, 6) is 3.30. The first-order valence-electron chi connectivity index (χ1n) is 9.10. The van der Waals surface area contributed by atoms with Gasteiger partial charge in [-0.05, 0) is 36.8 Å². The average Bonchev–Trinajstić information content (AvgIpc) is 3.35. The summed E-state index contributed by atoms with van der Waals surface area (Å²) >= 11 is 1.71. The second kappa shape index (κ2) is 6.72. The predicted octanol–water partition coefficient (Wildman–Crippen LogP) is 2.52. The van der Waals surface area contributed by atoms with Crippen LogP contribution in [0.4, 0.5) is 0 Å². The zero-order chi connectivity index (χ0) is 17.5. The van der Waals surface area contributed by atoms with Crippen LogP contribution < -0.4 is 14.2 Å². The average molecular weight is 374 g/mol. The summed E-state index contributed by atoms with van der Waals surface area (Å²) in [5, 5.41) is 13.8. The lowest BCUT2D eigenvalue weighted by atomic mass is 9.78. The molecular weight excluding hydrogens is 352 g/mol. The molecule has 2 fully saturated rings. The molecule has 1 N–H and O–H groups in total. The second-order valence-corrected chi connectivity index (χ2v) is 8.33. The molecule has 0 unspecified atom stereocenters. The number of aliphatic hydroxyl groups excluding tert-OH is 1. The quantitative estimate of drug-likeness (QED) is 0.887. The number of hydrogen-bond acceptors (Lipinski definition) is 7. The number of benzene rings is 1. The molecule has 6 nitrogen and oxygen atoms in total. The molecule has 138 valence electrons. The van der Waals surface area contributed by atoms with Crippen molar-refractivity contribution in [3.63, 3.8) is 0 Å². The van der Waals surface area contributed by atoms with Gasteiger partial charge in [0.2, 0.25) is 6.79 Å². The smallest absolute Gasteiger partial charge is 0.231 e. The first-order chi connectivity index (χ1) is 12.7. The third kappa shape index (κ3) is 3.15. The molecule has 4 atom stereocenters. The Bertz CT molecular complexity index is 769. The summed E-state index contributed by atoms with van der Waals surface area (Å²) in [6.07, 6.45) is 2.95. The molecule has 3 aliphatic rings. The summed E-state index contributed by atoms with van der Waals surface area (Å²) in [4.78, 5) is 6.85. The molecule has 1 saturated heterocycles. The Balaban J connectivity index is 1.23. The molecular formula is C19H22N2O4S. The molecule has 2 aliphatic heterocycles. The van der Waals surface area contributed by atoms with Gasteiger partial charge < -0.3 is 19.3 Å². The van der Waals surface area contributed by atoms with Crippen LogP contribution in [-0.2, 0) is 6.54 Å². The van der Waals surface area contributed by atoms with Crippen molar-refractivity contribution in [3.05, 3.63) is 34.8 Å². The first kappa shape index (κ1) is 16.4. The Morgan fingerprint density at radius 2 is 2.04 bits per heavy atom. The molecule has 3 heterocycles. The normalized spacial score (nSPS) is 30.3. The maximum atomic E-state index is 10.6. The highest BCUT2D eigenvalue weighted by Gasteiger charge is 2.42. The van der Waals surface area contributed by atoms with E-state index in [9.17, 15) is 5.11 Å². The van der Waals surface area contributed by atoms with E-state index in [4.69, 9.17) is 14.2 Å². The van der Waals surface area contributed by atoms with Crippen molar-refractivity contribution in [1.29, 1.82) is 0 Å². The van der Waals surface area contributed by atoms with Gasteiger partial charge in [0.1, 0.15) is 16.9 Å². The lowest BCUT2D eigenvalue weighted by Crippen LogP contribution is -2.42. The second-order valence-electron chi connectivity index (χ2n) is 7.35. The van der Waals surface area contributed by atoms with Crippen LogP contribution in [0.1, 0.15) is 17.8 Å². The minimum Gasteiger partial charge on any atom is -0.488 e. The molecule has 1 aromatic heterocycles. The molecule has 0 spiro atoms. The van der Waals surface area contributed by atoms with E-state index < -0.39 is 6.10 Å². The number of ether oxygens (including phenoxy) is 3. The van der Waals surface area contributed by atoms with E-state index in [1.54, 1.807) is 11.3 Å². The van der Waals surface area contributed by atoms with Crippen LogP contribution in [0.15, 0.2) is 29.8 Å². The van der Waals surface area contributed by atoms with Crippen molar-refractivity contribution in [2.45, 2.75) is 31.6 Å². The van der Waals surface area contributed by atoms with Crippen LogP contribution in [0.3, 0.4) is 0 Å². The summed E-state index contributed by atoms with van der Waals surface area (Å²) in [7, 11) is 0. The summed E-state index contributed by atoms with van der Waals surface area (Å²) in [6.45, 7) is 3.26. The third-order valence-electron chi connectivity index (χ3n) is 5.63. The van der Waals surface area contributed by atoms with Gasteiger partial charge >= 0.3 is 0 Å². The van der Waals surface area contributed by atoms with Crippen LogP contribution in [0, 0.1) is 11.8 Å². The van der Waals surface area contributed by atoms with Crippen LogP contribution in [0.5, 0.6) is 17.2 Å². The van der Waals surface area contributed by atoms with Crippen LogP contribution in [0.2, 0.25) is 0 Å². The van der Waals surface area contributed by atoms with Crippen molar-refractivity contribution in [2.24, 2.45) is 11.8 Å². The standard InChI is InChI=1S/C19H22N2O4S/c22-15-5-12-8-21(10-19-20-3-4-26-19)9-13(12)6-17(15)25-14-1-2-16-18(7-14)24-11-23-16/h1-4,7,12-13,15,17,22H,5-6,8-11H2/t12-,13+,15+,17+/m0/s1. The lowest BCUT2D eigenvalue weighted by molar-refractivity contribution is -0.0232. The summed E-state index contributed by atoms with van der Waals surface area (Å²) < 4.78 is 16.9. The minimum atomic E-state index is -0.429. The molecule has 2 aromatic rings. The van der Waals surface area contributed by atoms with E-state index in [0.717, 1.165) is 49.0 Å². The monoisotopic (exact) mass is 374 g/mol. The van der Waals surface area contributed by atoms with E-state index >= 15 is 0 Å². The van der Waals surface area contributed by atoms with E-state index in [2.05, 4.69) is 9.88 Å². The molecule has 7 heteroatoms. The molecule has 5 rings (SSSR count). The fourth-order valence-corrected chi connectivity index (χ4v) is 5.05. The highest BCUT2D eigenvalue weighted by atomic mass is 32.1. The number of aliphatic hydroxyl groups is 1. The van der Waals surface area contributed by atoms with Gasteiger partial charge in [0.05, 0.1) is 12.6 Å². The van der Waals surface area contributed by atoms with Gasteiger partial charge in [-0.15, -0.1) is 11.3 Å². The van der Waals surface area contributed by atoms with Gasteiger partial charge in [0.15, 0.2) is 11.5 Å². The molecule has 0 radical (unpaired) electrons. The third-order valence-corrected chi connectivity index (χ3v) is 6.40. The molecule has 0 bridgehead atoms. The van der Waals surface area contributed by atoms with Gasteiger partial charge in [-0.25, -0.2) is 4.98 Å². The van der Waals surface area contributed by atoms with Crippen molar-refractivity contribution < 1.29 is 19.3 Å². The first-order valence-corrected chi connectivity index (χ1v) is 9.97. The van der Waals surface area contributed by atoms with Crippen LogP contribution in [-0.4, -0.2) is 47.1 Å². The Hall–Kier alpha value is -1.83. The van der Waals surface area contributed by atoms with Crippen molar-refractivity contribution in [3.8, 4) is 17.2 Å². The minimum absolute atomic E-state index is 0.170. The molecule has 1 saturated carbocycles. The highest BCUT2D eigenvalue weighted by molar-refractivity contribution is 7.09. The number of likely N-dealkylation sites (tertiary alicyclic amines) is 1. The zero-order valence-corrected chi connectivity index (χ0v) is 15.2. The van der Waals surface area contributed by atoms with E-state index in [0.29, 0.717) is 17.6 Å². The predicted molar refractivity (Wildman–Crippen MR) is 96.6 cm³/mol. The number of aromatic nitrogens is 1. The molecule has 0 amide bonds. The summed E-state index contributed by atoms with van der Waals surface area (Å²) in [6, 6.07) is 5.60. The number of nitrogens with zero attached hydrogens (tertiary/aromatic N) is 2. The van der Waals surface area contributed by atoms with E-state index in [1.165, 1.54) is 0 Å². The number of rotatable bonds is 4. The van der Waals surface area contributed by atoms with Gasteiger partial charge in [0, 0.05) is 30.7 Å². The van der Waals surface area contributed by atoms with Gasteiger partial charge in [-0.1, -0.05) is 0 Å². The topological polar surface area (TPSA) is 64.1 Å². The van der Waals surface area contributed by atoms with Gasteiger partial charge in [0.25, 0.3) is 0 Å². The molecule has 26 heavy (non-hydrogen) atoms. The number of hydrogen-bond donors (Lipinski definition) is 1. The Morgan fingerprint density at radius 1 is 1.19 bits per heavy atom. The van der Waals surface area contributed by atoms with Crippen LogP contribution in [0.25, 0.3) is 0 Å². The highest BCUT2D eigenvalue weighted by Crippen LogP contribution is 2.40. The number of thiazole rings is 1. The molecule has 1 aromatic carbocycles. The zero-order valence-electron chi connectivity index (χ0n) is 14.4. The van der Waals surface area contributed by atoms with Gasteiger partial charge in [-0.3, -0.25) is 4.90 Å². The van der Waals surface area contributed by atoms with Gasteiger partial charge in [-0.2, -0.15) is 0 Å². The van der Waals surface area contributed by atoms with Crippen molar-refractivity contribution >= 4 is 11.3 Å². The fraction of sp³-hybridized carbons (Fsp3) is 0.526. The maximum absolute atomic E-state index is 10.6. The SMILES string of the molecule is O[C@@H]1C[C@H]2CN(Cc3nccs3)C[C@H]2C[C@H]1Oc1ccc2c(c1)OCO2. The Kier molecular flexibility index (Phi) is 4.23. The van der Waals surface area contributed by atoms with E-state index in [-0.39, 0.29) is 12.9 Å². The maximum Gasteiger partial charge on any atom is 0.231 e. The Labute approximate surface area is 156 Å².